The summed E-state index contributed by atoms with van der Waals surface area (Å²) in [5.41, 5.74) is 3.15. The third-order valence-corrected chi connectivity index (χ3v) is 5.78. The molecule has 4 rings (SSSR count). The summed E-state index contributed by atoms with van der Waals surface area (Å²) in [7, 11) is 3.95. The van der Waals surface area contributed by atoms with Crippen molar-refractivity contribution in [1.29, 1.82) is 0 Å². The third kappa shape index (κ3) is 4.30. The highest BCUT2D eigenvalue weighted by Crippen LogP contribution is 2.18. The molecule has 0 saturated carbocycles. The lowest BCUT2D eigenvalue weighted by atomic mass is 10.1. The summed E-state index contributed by atoms with van der Waals surface area (Å²) >= 11 is 0. The minimum atomic E-state index is -0.0988. The summed E-state index contributed by atoms with van der Waals surface area (Å²) in [6.45, 7) is 7.03. The second-order valence-electron chi connectivity index (χ2n) is 8.83. The average Bonchev–Trinajstić information content (AvgIpc) is 2.80. The van der Waals surface area contributed by atoms with E-state index in [0.717, 1.165) is 16.7 Å². The summed E-state index contributed by atoms with van der Waals surface area (Å²) in [5, 5.41) is 0. The van der Waals surface area contributed by atoms with Crippen LogP contribution in [0.25, 0.3) is 11.0 Å². The molecule has 2 aromatic heterocycles. The molecule has 1 saturated heterocycles. The summed E-state index contributed by atoms with van der Waals surface area (Å²) in [6, 6.07) is 9.48. The smallest absolute Gasteiger partial charge is 0.294 e. The van der Waals surface area contributed by atoms with Gasteiger partial charge in [-0.25, -0.2) is 4.98 Å². The Morgan fingerprint density at radius 3 is 2.38 bits per heavy atom. The van der Waals surface area contributed by atoms with Crippen LogP contribution in [0.2, 0.25) is 0 Å². The SMILES string of the molecule is CC(C)Cn1c(=O)c(N2CCN(C(=O)c3ccc(N(C)C)cc3)CC2)nc2ccncc21. The predicted molar refractivity (Wildman–Crippen MR) is 128 cm³/mol. The average molecular weight is 435 g/mol. The quantitative estimate of drug-likeness (QED) is 0.614. The Balaban J connectivity index is 1.53. The maximum Gasteiger partial charge on any atom is 0.294 e. The first-order chi connectivity index (χ1) is 15.3. The minimum Gasteiger partial charge on any atom is -0.378 e. The zero-order valence-corrected chi connectivity index (χ0v) is 19.2. The fourth-order valence-electron chi connectivity index (χ4n) is 4.03. The van der Waals surface area contributed by atoms with E-state index in [4.69, 9.17) is 0 Å². The van der Waals surface area contributed by atoms with Gasteiger partial charge in [-0.1, -0.05) is 13.8 Å². The Morgan fingerprint density at radius 2 is 1.75 bits per heavy atom. The molecule has 1 aliphatic heterocycles. The fourth-order valence-corrected chi connectivity index (χ4v) is 4.03. The van der Waals surface area contributed by atoms with Crippen LogP contribution in [0.4, 0.5) is 11.5 Å². The molecule has 0 atom stereocenters. The van der Waals surface area contributed by atoms with Gasteiger partial charge < -0.3 is 19.3 Å². The molecule has 32 heavy (non-hydrogen) atoms. The van der Waals surface area contributed by atoms with Gasteiger partial charge in [0.15, 0.2) is 5.82 Å². The number of carbonyl (C=O) groups excluding carboxylic acids is 1. The number of benzene rings is 1. The number of carbonyl (C=O) groups is 1. The molecule has 0 N–H and O–H groups in total. The first kappa shape index (κ1) is 21.8. The van der Waals surface area contributed by atoms with Crippen molar-refractivity contribution in [2.45, 2.75) is 20.4 Å². The molecule has 0 bridgehead atoms. The predicted octanol–water partition coefficient (Wildman–Crippen LogP) is 2.48. The van der Waals surface area contributed by atoms with Gasteiger partial charge in [0.05, 0.1) is 17.2 Å². The second kappa shape index (κ2) is 8.98. The van der Waals surface area contributed by atoms with E-state index in [1.54, 1.807) is 17.0 Å². The van der Waals surface area contributed by atoms with E-state index in [-0.39, 0.29) is 11.5 Å². The van der Waals surface area contributed by atoms with Gasteiger partial charge in [0.25, 0.3) is 11.5 Å². The van der Waals surface area contributed by atoms with Crippen molar-refractivity contribution in [3.8, 4) is 0 Å². The van der Waals surface area contributed by atoms with E-state index in [2.05, 4.69) is 23.8 Å². The van der Waals surface area contributed by atoms with Crippen molar-refractivity contribution in [1.82, 2.24) is 19.4 Å². The van der Waals surface area contributed by atoms with Crippen molar-refractivity contribution in [3.05, 3.63) is 58.6 Å². The number of nitrogens with zero attached hydrogens (tertiary/aromatic N) is 6. The van der Waals surface area contributed by atoms with Crippen LogP contribution in [0.15, 0.2) is 47.5 Å². The van der Waals surface area contributed by atoms with Gasteiger partial charge in [-0.2, -0.15) is 0 Å². The van der Waals surface area contributed by atoms with Gasteiger partial charge in [-0.3, -0.25) is 14.6 Å². The van der Waals surface area contributed by atoms with Crippen LogP contribution in [0.3, 0.4) is 0 Å². The number of amides is 1. The van der Waals surface area contributed by atoms with Gasteiger partial charge in [0, 0.05) is 64.3 Å². The first-order valence-corrected chi connectivity index (χ1v) is 11.0. The summed E-state index contributed by atoms with van der Waals surface area (Å²) in [4.78, 5) is 40.9. The monoisotopic (exact) mass is 434 g/mol. The molecule has 1 aliphatic rings. The molecule has 8 nitrogen and oxygen atoms in total. The number of rotatable bonds is 5. The Kier molecular flexibility index (Phi) is 6.12. The van der Waals surface area contributed by atoms with Crippen LogP contribution >= 0.6 is 0 Å². The number of anilines is 2. The van der Waals surface area contributed by atoms with Crippen molar-refractivity contribution >= 4 is 28.4 Å². The molecule has 0 spiro atoms. The molecule has 0 radical (unpaired) electrons. The Labute approximate surface area is 188 Å². The molecule has 0 aliphatic carbocycles. The zero-order chi connectivity index (χ0) is 22.8. The lowest BCUT2D eigenvalue weighted by Crippen LogP contribution is -2.50. The summed E-state index contributed by atoms with van der Waals surface area (Å²) in [5.74, 6) is 0.788. The Bertz CT molecular complexity index is 1160. The van der Waals surface area contributed by atoms with E-state index < -0.39 is 0 Å². The Morgan fingerprint density at radius 1 is 1.06 bits per heavy atom. The van der Waals surface area contributed by atoms with E-state index in [1.165, 1.54) is 0 Å². The highest BCUT2D eigenvalue weighted by Gasteiger charge is 2.25. The lowest BCUT2D eigenvalue weighted by Gasteiger charge is -2.35. The maximum absolute atomic E-state index is 13.3. The number of fused-ring (bicyclic) bond motifs is 1. The molecule has 168 valence electrons. The minimum absolute atomic E-state index is 0.0183. The normalized spacial score (nSPS) is 14.3. The van der Waals surface area contributed by atoms with Gasteiger partial charge >= 0.3 is 0 Å². The molecule has 1 amide bonds. The first-order valence-electron chi connectivity index (χ1n) is 11.0. The van der Waals surface area contributed by atoms with E-state index in [1.807, 2.05) is 59.1 Å². The molecule has 3 aromatic rings. The van der Waals surface area contributed by atoms with Gasteiger partial charge in [0.2, 0.25) is 0 Å². The highest BCUT2D eigenvalue weighted by molar-refractivity contribution is 5.94. The number of hydrogen-bond donors (Lipinski definition) is 0. The zero-order valence-electron chi connectivity index (χ0n) is 19.2. The van der Waals surface area contributed by atoms with E-state index in [9.17, 15) is 9.59 Å². The van der Waals surface area contributed by atoms with E-state index >= 15 is 0 Å². The molecular formula is C24H30N6O2. The molecule has 3 heterocycles. The standard InChI is InChI=1S/C24H30N6O2/c1-17(2)16-30-21-15-25-10-9-20(21)26-22(24(30)32)28-11-13-29(14-12-28)23(31)18-5-7-19(8-6-18)27(3)4/h5-10,15,17H,11-14,16H2,1-4H3. The number of aromatic nitrogens is 3. The van der Waals surface area contributed by atoms with Crippen LogP contribution < -0.4 is 15.4 Å². The molecule has 1 fully saturated rings. The maximum atomic E-state index is 13.3. The topological polar surface area (TPSA) is 74.6 Å². The number of pyridine rings is 1. The van der Waals surface area contributed by atoms with Crippen LogP contribution in [-0.4, -0.2) is 65.6 Å². The van der Waals surface area contributed by atoms with Crippen LogP contribution in [0.1, 0.15) is 24.2 Å². The van der Waals surface area contributed by atoms with Gasteiger partial charge in [0.1, 0.15) is 0 Å². The lowest BCUT2D eigenvalue weighted by molar-refractivity contribution is 0.0746. The molecule has 8 heteroatoms. The van der Waals surface area contributed by atoms with E-state index in [0.29, 0.717) is 50.0 Å². The second-order valence-corrected chi connectivity index (χ2v) is 8.83. The number of hydrogen-bond acceptors (Lipinski definition) is 6. The third-order valence-electron chi connectivity index (χ3n) is 5.78. The van der Waals surface area contributed by atoms with Crippen molar-refractivity contribution < 1.29 is 4.79 Å². The van der Waals surface area contributed by atoms with Crippen LogP contribution in [-0.2, 0) is 6.54 Å². The summed E-state index contributed by atoms with van der Waals surface area (Å²) in [6.07, 6.45) is 3.40. The highest BCUT2D eigenvalue weighted by atomic mass is 16.2. The van der Waals surface area contributed by atoms with Crippen molar-refractivity contribution in [3.63, 3.8) is 0 Å². The van der Waals surface area contributed by atoms with Crippen LogP contribution in [0, 0.1) is 5.92 Å². The molecular weight excluding hydrogens is 404 g/mol. The number of piperazine rings is 1. The largest absolute Gasteiger partial charge is 0.378 e. The fraction of sp³-hybridized carbons (Fsp3) is 0.417. The van der Waals surface area contributed by atoms with Gasteiger partial charge in [-0.05, 0) is 36.2 Å². The van der Waals surface area contributed by atoms with Gasteiger partial charge in [-0.15, -0.1) is 0 Å². The summed E-state index contributed by atoms with van der Waals surface area (Å²) < 4.78 is 1.78. The molecule has 1 aromatic carbocycles. The van der Waals surface area contributed by atoms with Crippen molar-refractivity contribution in [2.75, 3.05) is 50.1 Å². The molecule has 0 unspecified atom stereocenters. The van der Waals surface area contributed by atoms with Crippen LogP contribution in [0.5, 0.6) is 0 Å². The Hall–Kier alpha value is -3.42. The van der Waals surface area contributed by atoms with Crippen molar-refractivity contribution in [2.24, 2.45) is 5.92 Å².